The minimum absolute atomic E-state index is 0.0239. The molecule has 2 aromatic carbocycles. The van der Waals surface area contributed by atoms with Gasteiger partial charge in [0.2, 0.25) is 0 Å². The van der Waals surface area contributed by atoms with E-state index in [1.165, 1.54) is 0 Å². The highest BCUT2D eigenvalue weighted by atomic mass is 32.2. The molecule has 0 aliphatic rings. The summed E-state index contributed by atoms with van der Waals surface area (Å²) in [6.07, 6.45) is 3.52. The Hall–Kier alpha value is -3.45. The van der Waals surface area contributed by atoms with Crippen LogP contribution in [-0.4, -0.2) is 32.6 Å². The largest absolute Gasteiger partial charge is 0.496 e. The molecule has 6 nitrogen and oxygen atoms in total. The van der Waals surface area contributed by atoms with Gasteiger partial charge in [-0.1, -0.05) is 30.0 Å². The van der Waals surface area contributed by atoms with E-state index in [1.807, 2.05) is 36.4 Å². The van der Waals surface area contributed by atoms with Crippen molar-refractivity contribution < 1.29 is 9.53 Å². The number of ketones is 1. The van der Waals surface area contributed by atoms with Crippen molar-refractivity contribution >= 4 is 17.5 Å². The molecule has 0 atom stereocenters. The van der Waals surface area contributed by atoms with E-state index in [9.17, 15) is 4.79 Å². The Bertz CT molecular complexity index is 1220. The van der Waals surface area contributed by atoms with Crippen LogP contribution in [0.25, 0.3) is 17.1 Å². The van der Waals surface area contributed by atoms with Crippen LogP contribution in [0.2, 0.25) is 0 Å². The van der Waals surface area contributed by atoms with Crippen LogP contribution < -0.4 is 4.74 Å². The summed E-state index contributed by atoms with van der Waals surface area (Å²) in [7, 11) is 1.63. The van der Waals surface area contributed by atoms with Gasteiger partial charge in [-0.3, -0.25) is 14.3 Å². The van der Waals surface area contributed by atoms with Crippen molar-refractivity contribution in [1.29, 1.82) is 0 Å². The van der Waals surface area contributed by atoms with Crippen molar-refractivity contribution in [3.8, 4) is 22.8 Å². The number of pyridine rings is 1. The zero-order chi connectivity index (χ0) is 21.8. The van der Waals surface area contributed by atoms with Gasteiger partial charge in [0.25, 0.3) is 0 Å². The van der Waals surface area contributed by atoms with E-state index in [0.29, 0.717) is 11.3 Å². The Balaban J connectivity index is 1.75. The molecule has 4 rings (SSSR count). The van der Waals surface area contributed by atoms with E-state index in [4.69, 9.17) is 4.74 Å². The fourth-order valence-corrected chi connectivity index (χ4v) is 4.25. The Morgan fingerprint density at radius 3 is 2.65 bits per heavy atom. The third-order valence-electron chi connectivity index (χ3n) is 4.95. The predicted molar refractivity (Wildman–Crippen MR) is 122 cm³/mol. The molecule has 0 N–H and O–H groups in total. The molecule has 7 heteroatoms. The summed E-state index contributed by atoms with van der Waals surface area (Å²) in [5.41, 5.74) is 4.61. The number of carbonyl (C=O) groups excluding carboxylic acids is 1. The lowest BCUT2D eigenvalue weighted by Crippen LogP contribution is -2.02. The van der Waals surface area contributed by atoms with E-state index in [0.717, 1.165) is 39.1 Å². The Morgan fingerprint density at radius 2 is 1.94 bits per heavy atom. The number of methoxy groups -OCH3 is 1. The number of para-hydroxylation sites is 1. The minimum Gasteiger partial charge on any atom is -0.496 e. The Labute approximate surface area is 185 Å². The van der Waals surface area contributed by atoms with E-state index < -0.39 is 0 Å². The van der Waals surface area contributed by atoms with Crippen LogP contribution in [0.15, 0.2) is 72.1 Å². The zero-order valence-corrected chi connectivity index (χ0v) is 18.4. The number of Topliss-reactive ketones (excluding diaryl/α,β-unsaturated/α-hetero) is 1. The highest BCUT2D eigenvalue weighted by molar-refractivity contribution is 7.98. The Kier molecular flexibility index (Phi) is 6.13. The predicted octanol–water partition coefficient (Wildman–Crippen LogP) is 5.14. The standard InChI is InChI=1S/C24H22N4O2S/c1-16-7-4-5-9-21(16)28-23(19-8-6-12-25-14-19)26-27-24(28)31-15-20-13-18(17(2)29)10-11-22(20)30-3/h4-14H,15H2,1-3H3. The van der Waals surface area contributed by atoms with Gasteiger partial charge in [0.15, 0.2) is 16.8 Å². The average molecular weight is 431 g/mol. The third kappa shape index (κ3) is 4.36. The first-order chi connectivity index (χ1) is 15.1. The van der Waals surface area contributed by atoms with Crippen molar-refractivity contribution in [2.45, 2.75) is 24.8 Å². The van der Waals surface area contributed by atoms with E-state index in [-0.39, 0.29) is 5.78 Å². The third-order valence-corrected chi connectivity index (χ3v) is 5.93. The molecule has 0 aliphatic carbocycles. The zero-order valence-electron chi connectivity index (χ0n) is 17.6. The summed E-state index contributed by atoms with van der Waals surface area (Å²) >= 11 is 1.55. The molecule has 4 aromatic rings. The maximum atomic E-state index is 11.8. The summed E-state index contributed by atoms with van der Waals surface area (Å²) in [5, 5.41) is 9.70. The number of benzene rings is 2. The number of carbonyl (C=O) groups is 1. The van der Waals surface area contributed by atoms with Crippen LogP contribution >= 0.6 is 11.8 Å². The minimum atomic E-state index is 0.0239. The fraction of sp³-hybridized carbons (Fsp3) is 0.167. The summed E-state index contributed by atoms with van der Waals surface area (Å²) in [6, 6.07) is 17.5. The van der Waals surface area contributed by atoms with Gasteiger partial charge in [-0.15, -0.1) is 10.2 Å². The number of ether oxygens (including phenoxy) is 1. The second kappa shape index (κ2) is 9.14. The van der Waals surface area contributed by atoms with Gasteiger partial charge in [0.05, 0.1) is 12.8 Å². The lowest BCUT2D eigenvalue weighted by atomic mass is 10.1. The van der Waals surface area contributed by atoms with Crippen molar-refractivity contribution in [3.05, 3.63) is 83.7 Å². The SMILES string of the molecule is COc1ccc(C(C)=O)cc1CSc1nnc(-c2cccnc2)n1-c1ccccc1C. The van der Waals surface area contributed by atoms with Crippen LogP contribution in [-0.2, 0) is 5.75 Å². The van der Waals surface area contributed by atoms with Gasteiger partial charge >= 0.3 is 0 Å². The summed E-state index contributed by atoms with van der Waals surface area (Å²) in [5.74, 6) is 2.08. The first kappa shape index (κ1) is 20.8. The van der Waals surface area contributed by atoms with Crippen LogP contribution in [0.5, 0.6) is 5.75 Å². The van der Waals surface area contributed by atoms with Gasteiger partial charge in [-0.2, -0.15) is 0 Å². The smallest absolute Gasteiger partial charge is 0.196 e. The lowest BCUT2D eigenvalue weighted by Gasteiger charge is -2.13. The fourth-order valence-electron chi connectivity index (χ4n) is 3.33. The number of aromatic nitrogens is 4. The second-order valence-electron chi connectivity index (χ2n) is 7.04. The molecule has 0 spiro atoms. The monoisotopic (exact) mass is 430 g/mol. The topological polar surface area (TPSA) is 69.9 Å². The van der Waals surface area contributed by atoms with Crippen LogP contribution in [0, 0.1) is 6.92 Å². The van der Waals surface area contributed by atoms with Crippen LogP contribution in [0.3, 0.4) is 0 Å². The molecule has 31 heavy (non-hydrogen) atoms. The molecule has 0 fully saturated rings. The number of hydrogen-bond acceptors (Lipinski definition) is 6. The first-order valence-corrected chi connectivity index (χ1v) is 10.8. The van der Waals surface area contributed by atoms with E-state index >= 15 is 0 Å². The maximum absolute atomic E-state index is 11.8. The molecule has 156 valence electrons. The van der Waals surface area contributed by atoms with E-state index in [1.54, 1.807) is 44.3 Å². The van der Waals surface area contributed by atoms with Crippen LogP contribution in [0.1, 0.15) is 28.4 Å². The molecule has 0 saturated carbocycles. The number of aryl methyl sites for hydroxylation is 1. The number of thioether (sulfide) groups is 1. The number of rotatable bonds is 7. The van der Waals surface area contributed by atoms with Crippen LogP contribution in [0.4, 0.5) is 0 Å². The van der Waals surface area contributed by atoms with Gasteiger partial charge in [0.1, 0.15) is 5.75 Å². The molecule has 2 heterocycles. The average Bonchev–Trinajstić information content (AvgIpc) is 3.22. The molecule has 0 unspecified atom stereocenters. The molecule has 0 amide bonds. The molecule has 2 aromatic heterocycles. The molecular formula is C24H22N4O2S. The quantitative estimate of drug-likeness (QED) is 0.299. The van der Waals surface area contributed by atoms with Crippen molar-refractivity contribution in [2.75, 3.05) is 7.11 Å². The second-order valence-corrected chi connectivity index (χ2v) is 7.98. The number of nitrogens with zero attached hydrogens (tertiary/aromatic N) is 4. The van der Waals surface area contributed by atoms with Gasteiger partial charge in [0, 0.05) is 34.8 Å². The highest BCUT2D eigenvalue weighted by Crippen LogP contribution is 2.33. The molecule has 0 saturated heterocycles. The maximum Gasteiger partial charge on any atom is 0.196 e. The van der Waals surface area contributed by atoms with Gasteiger partial charge in [-0.25, -0.2) is 0 Å². The number of hydrogen-bond donors (Lipinski definition) is 0. The highest BCUT2D eigenvalue weighted by Gasteiger charge is 2.18. The summed E-state index contributed by atoms with van der Waals surface area (Å²) in [4.78, 5) is 16.1. The first-order valence-electron chi connectivity index (χ1n) is 9.81. The summed E-state index contributed by atoms with van der Waals surface area (Å²) in [6.45, 7) is 3.63. The molecule has 0 radical (unpaired) electrons. The van der Waals surface area contributed by atoms with Crippen molar-refractivity contribution in [1.82, 2.24) is 19.7 Å². The van der Waals surface area contributed by atoms with Crippen molar-refractivity contribution in [3.63, 3.8) is 0 Å². The molecule has 0 aliphatic heterocycles. The Morgan fingerprint density at radius 1 is 1.10 bits per heavy atom. The molecule has 0 bridgehead atoms. The molecular weight excluding hydrogens is 408 g/mol. The van der Waals surface area contributed by atoms with Gasteiger partial charge in [-0.05, 0) is 55.8 Å². The van der Waals surface area contributed by atoms with E-state index in [2.05, 4.69) is 38.8 Å². The lowest BCUT2D eigenvalue weighted by molar-refractivity contribution is 0.101. The van der Waals surface area contributed by atoms with Crippen molar-refractivity contribution in [2.24, 2.45) is 0 Å². The van der Waals surface area contributed by atoms with Gasteiger partial charge < -0.3 is 4.74 Å². The summed E-state index contributed by atoms with van der Waals surface area (Å²) < 4.78 is 7.56. The normalized spacial score (nSPS) is 10.8.